The van der Waals surface area contributed by atoms with Gasteiger partial charge in [0.15, 0.2) is 5.13 Å². The number of anilines is 1. The SMILES string of the molecule is CCN(C(C)=O)c1nc(CNCC2CC(O)C2)cs1. The number of aliphatic hydroxyl groups excluding tert-OH is 1. The molecule has 5 nitrogen and oxygen atoms in total. The van der Waals surface area contributed by atoms with Crippen molar-refractivity contribution in [2.24, 2.45) is 5.92 Å². The molecule has 0 aromatic carbocycles. The molecule has 1 aliphatic rings. The highest BCUT2D eigenvalue weighted by Gasteiger charge is 2.26. The van der Waals surface area contributed by atoms with Crippen LogP contribution in [0.15, 0.2) is 5.38 Å². The van der Waals surface area contributed by atoms with E-state index in [1.54, 1.807) is 11.8 Å². The normalized spacial score (nSPS) is 22.1. The highest BCUT2D eigenvalue weighted by molar-refractivity contribution is 7.14. The minimum Gasteiger partial charge on any atom is -0.393 e. The van der Waals surface area contributed by atoms with Gasteiger partial charge >= 0.3 is 0 Å². The molecule has 0 radical (unpaired) electrons. The van der Waals surface area contributed by atoms with Gasteiger partial charge in [-0.15, -0.1) is 11.3 Å². The van der Waals surface area contributed by atoms with Crippen molar-refractivity contribution in [3.8, 4) is 0 Å². The average Bonchev–Trinajstić information content (AvgIpc) is 2.76. The lowest BCUT2D eigenvalue weighted by Crippen LogP contribution is -2.35. The fourth-order valence-electron chi connectivity index (χ4n) is 2.27. The summed E-state index contributed by atoms with van der Waals surface area (Å²) in [6, 6.07) is 0. The Morgan fingerprint density at radius 1 is 1.63 bits per heavy atom. The second kappa shape index (κ2) is 6.45. The van der Waals surface area contributed by atoms with Crippen LogP contribution < -0.4 is 10.2 Å². The minimum absolute atomic E-state index is 0.0276. The predicted molar refractivity (Wildman–Crippen MR) is 76.3 cm³/mol. The van der Waals surface area contributed by atoms with Gasteiger partial charge in [0.05, 0.1) is 11.8 Å². The van der Waals surface area contributed by atoms with Crippen molar-refractivity contribution >= 4 is 22.4 Å². The zero-order valence-corrected chi connectivity index (χ0v) is 12.2. The van der Waals surface area contributed by atoms with Crippen LogP contribution in [-0.2, 0) is 11.3 Å². The number of hydrogen-bond donors (Lipinski definition) is 2. The van der Waals surface area contributed by atoms with E-state index < -0.39 is 0 Å². The van der Waals surface area contributed by atoms with Crippen molar-refractivity contribution in [1.29, 1.82) is 0 Å². The summed E-state index contributed by atoms with van der Waals surface area (Å²) in [4.78, 5) is 17.6. The fourth-order valence-corrected chi connectivity index (χ4v) is 3.20. The maximum Gasteiger partial charge on any atom is 0.225 e. The second-order valence-corrected chi connectivity index (χ2v) is 5.84. The van der Waals surface area contributed by atoms with Crippen molar-refractivity contribution < 1.29 is 9.90 Å². The molecule has 19 heavy (non-hydrogen) atoms. The molecule has 106 valence electrons. The molecule has 1 heterocycles. The van der Waals surface area contributed by atoms with E-state index >= 15 is 0 Å². The van der Waals surface area contributed by atoms with Gasteiger partial charge in [0.2, 0.25) is 5.91 Å². The molecule has 1 aliphatic carbocycles. The predicted octanol–water partition coefficient (Wildman–Crippen LogP) is 1.38. The molecule has 1 saturated carbocycles. The molecule has 0 saturated heterocycles. The summed E-state index contributed by atoms with van der Waals surface area (Å²) in [5.74, 6) is 0.622. The molecular weight excluding hydrogens is 262 g/mol. The van der Waals surface area contributed by atoms with E-state index in [1.165, 1.54) is 11.3 Å². The highest BCUT2D eigenvalue weighted by Crippen LogP contribution is 2.26. The Balaban J connectivity index is 1.78. The van der Waals surface area contributed by atoms with Crippen molar-refractivity contribution in [3.63, 3.8) is 0 Å². The summed E-state index contributed by atoms with van der Waals surface area (Å²) in [7, 11) is 0. The van der Waals surface area contributed by atoms with Crippen LogP contribution in [0, 0.1) is 5.92 Å². The number of carbonyl (C=O) groups excluding carboxylic acids is 1. The van der Waals surface area contributed by atoms with E-state index in [2.05, 4.69) is 10.3 Å². The fraction of sp³-hybridized carbons (Fsp3) is 0.692. The third kappa shape index (κ3) is 3.75. The van der Waals surface area contributed by atoms with E-state index in [-0.39, 0.29) is 12.0 Å². The number of amides is 1. The third-order valence-corrected chi connectivity index (χ3v) is 4.33. The molecule has 1 fully saturated rings. The molecule has 2 rings (SSSR count). The molecule has 0 spiro atoms. The molecule has 1 amide bonds. The van der Waals surface area contributed by atoms with Crippen LogP contribution in [0.3, 0.4) is 0 Å². The summed E-state index contributed by atoms with van der Waals surface area (Å²) in [5.41, 5.74) is 0.972. The largest absolute Gasteiger partial charge is 0.393 e. The summed E-state index contributed by atoms with van der Waals surface area (Å²) in [5, 5.41) is 15.3. The van der Waals surface area contributed by atoms with Crippen LogP contribution in [0.25, 0.3) is 0 Å². The van der Waals surface area contributed by atoms with Gasteiger partial charge in [0, 0.05) is 25.4 Å². The number of rotatable bonds is 6. The summed E-state index contributed by atoms with van der Waals surface area (Å²) < 4.78 is 0. The number of aliphatic hydroxyl groups is 1. The van der Waals surface area contributed by atoms with Crippen LogP contribution in [0.2, 0.25) is 0 Å². The molecule has 6 heteroatoms. The van der Waals surface area contributed by atoms with Crippen LogP contribution in [0.5, 0.6) is 0 Å². The van der Waals surface area contributed by atoms with Gasteiger partial charge in [-0.3, -0.25) is 9.69 Å². The number of nitrogens with zero attached hydrogens (tertiary/aromatic N) is 2. The molecule has 0 bridgehead atoms. The van der Waals surface area contributed by atoms with Crippen molar-refractivity contribution in [2.75, 3.05) is 18.0 Å². The molecule has 0 atom stereocenters. The van der Waals surface area contributed by atoms with E-state index in [1.807, 2.05) is 12.3 Å². The van der Waals surface area contributed by atoms with Gasteiger partial charge in [0.1, 0.15) is 0 Å². The number of thiazole rings is 1. The smallest absolute Gasteiger partial charge is 0.225 e. The monoisotopic (exact) mass is 283 g/mol. The highest BCUT2D eigenvalue weighted by atomic mass is 32.1. The van der Waals surface area contributed by atoms with Gasteiger partial charge in [-0.1, -0.05) is 0 Å². The maximum absolute atomic E-state index is 11.4. The van der Waals surface area contributed by atoms with E-state index in [0.29, 0.717) is 12.5 Å². The van der Waals surface area contributed by atoms with Gasteiger partial charge in [-0.25, -0.2) is 4.98 Å². The Bertz CT molecular complexity index is 429. The zero-order chi connectivity index (χ0) is 13.8. The van der Waals surface area contributed by atoms with E-state index in [9.17, 15) is 9.90 Å². The number of hydrogen-bond acceptors (Lipinski definition) is 5. The Kier molecular flexibility index (Phi) is 4.90. The Morgan fingerprint density at radius 2 is 2.37 bits per heavy atom. The standard InChI is InChI=1S/C13H21N3O2S/c1-3-16(9(2)17)13-15-11(8-19-13)7-14-6-10-4-12(18)5-10/h8,10,12,14,18H,3-7H2,1-2H3. The van der Waals surface area contributed by atoms with Crippen molar-refractivity contribution in [3.05, 3.63) is 11.1 Å². The molecule has 1 aromatic rings. The second-order valence-electron chi connectivity index (χ2n) is 5.01. The first-order valence-electron chi connectivity index (χ1n) is 6.71. The van der Waals surface area contributed by atoms with Gasteiger partial charge in [-0.2, -0.15) is 0 Å². The van der Waals surface area contributed by atoms with Crippen LogP contribution in [0.1, 0.15) is 32.4 Å². The van der Waals surface area contributed by atoms with Crippen molar-refractivity contribution in [1.82, 2.24) is 10.3 Å². The van der Waals surface area contributed by atoms with Crippen LogP contribution in [0.4, 0.5) is 5.13 Å². The lowest BCUT2D eigenvalue weighted by Gasteiger charge is -2.31. The Labute approximate surface area is 117 Å². The molecular formula is C13H21N3O2S. The Hall–Kier alpha value is -0.980. The first kappa shape index (κ1) is 14.4. The lowest BCUT2D eigenvalue weighted by molar-refractivity contribution is -0.116. The van der Waals surface area contributed by atoms with E-state index in [0.717, 1.165) is 36.8 Å². The quantitative estimate of drug-likeness (QED) is 0.828. The Morgan fingerprint density at radius 3 is 2.95 bits per heavy atom. The van der Waals surface area contributed by atoms with Gasteiger partial charge < -0.3 is 10.4 Å². The third-order valence-electron chi connectivity index (χ3n) is 3.42. The molecule has 0 aliphatic heterocycles. The average molecular weight is 283 g/mol. The maximum atomic E-state index is 11.4. The van der Waals surface area contributed by atoms with Crippen molar-refractivity contribution in [2.45, 2.75) is 39.3 Å². The molecule has 2 N–H and O–H groups in total. The lowest BCUT2D eigenvalue weighted by atomic mass is 9.82. The first-order chi connectivity index (χ1) is 9.10. The van der Waals surface area contributed by atoms with Gasteiger partial charge in [-0.05, 0) is 32.2 Å². The van der Waals surface area contributed by atoms with E-state index in [4.69, 9.17) is 0 Å². The summed E-state index contributed by atoms with van der Waals surface area (Å²) in [6.07, 6.45) is 1.72. The van der Waals surface area contributed by atoms with Crippen LogP contribution in [-0.4, -0.2) is 35.2 Å². The summed E-state index contributed by atoms with van der Waals surface area (Å²) >= 11 is 1.50. The number of nitrogens with one attached hydrogen (secondary N) is 1. The zero-order valence-electron chi connectivity index (χ0n) is 11.4. The number of aromatic nitrogens is 1. The summed E-state index contributed by atoms with van der Waals surface area (Å²) in [6.45, 7) is 5.80. The van der Waals surface area contributed by atoms with Gasteiger partial charge in [0.25, 0.3) is 0 Å². The topological polar surface area (TPSA) is 65.5 Å². The molecule has 1 aromatic heterocycles. The molecule has 0 unspecified atom stereocenters. The number of carbonyl (C=O) groups is 1. The first-order valence-corrected chi connectivity index (χ1v) is 7.59. The minimum atomic E-state index is -0.0913. The van der Waals surface area contributed by atoms with Crippen LogP contribution >= 0.6 is 11.3 Å².